The third-order valence-corrected chi connectivity index (χ3v) is 6.00. The summed E-state index contributed by atoms with van der Waals surface area (Å²) < 4.78 is 37.2. The number of nitrogens with zero attached hydrogens (tertiary/aromatic N) is 1. The average Bonchev–Trinajstić information content (AvgIpc) is 2.65. The molecule has 0 saturated carbocycles. The second-order valence-electron chi connectivity index (χ2n) is 5.82. The van der Waals surface area contributed by atoms with Crippen LogP contribution in [0.4, 0.5) is 0 Å². The average molecular weight is 450 g/mol. The number of allylic oxidation sites excluding steroid dienone is 1. The van der Waals surface area contributed by atoms with E-state index < -0.39 is 9.84 Å². The molecule has 0 aromatic heterocycles. The first-order valence-electron chi connectivity index (χ1n) is 8.27. The van der Waals surface area contributed by atoms with Crippen LogP contribution in [0.5, 0.6) is 11.5 Å². The monoisotopic (exact) mass is 449 g/mol. The van der Waals surface area contributed by atoms with Crippen molar-refractivity contribution >= 4 is 31.8 Å². The van der Waals surface area contributed by atoms with E-state index >= 15 is 0 Å². The Morgan fingerprint density at radius 1 is 1.26 bits per heavy atom. The van der Waals surface area contributed by atoms with Crippen molar-refractivity contribution in [3.05, 3.63) is 56.9 Å². The third kappa shape index (κ3) is 4.90. The second kappa shape index (κ2) is 9.07. The number of benzene rings is 2. The van der Waals surface area contributed by atoms with Gasteiger partial charge in [-0.05, 0) is 65.2 Å². The van der Waals surface area contributed by atoms with Crippen LogP contribution in [0.1, 0.15) is 24.5 Å². The normalized spacial score (nSPS) is 11.7. The number of hydrogen-bond acceptors (Lipinski definition) is 5. The Morgan fingerprint density at radius 2 is 1.93 bits per heavy atom. The van der Waals surface area contributed by atoms with E-state index in [1.165, 1.54) is 25.3 Å². The summed E-state index contributed by atoms with van der Waals surface area (Å²) >= 11 is 3.42. The molecule has 0 radical (unpaired) electrons. The summed E-state index contributed by atoms with van der Waals surface area (Å²) in [6.07, 6.45) is 2.16. The summed E-state index contributed by atoms with van der Waals surface area (Å²) in [6, 6.07) is 11.5. The van der Waals surface area contributed by atoms with Gasteiger partial charge < -0.3 is 9.47 Å². The van der Waals surface area contributed by atoms with Crippen molar-refractivity contribution in [3.63, 3.8) is 0 Å². The van der Waals surface area contributed by atoms with Crippen LogP contribution in [0.25, 0.3) is 6.08 Å². The standard InChI is InChI=1S/C20H20BrNO4S/c1-4-9-26-20-18(21)11-15(12-19(20)25-3)10-17(13-22)27(23,24)16-7-5-14(2)6-8-16/h5-8,10-12H,4,9H2,1-3H3/b17-10+. The topological polar surface area (TPSA) is 76.4 Å². The molecule has 2 rings (SSSR count). The highest BCUT2D eigenvalue weighted by Gasteiger charge is 2.21. The highest BCUT2D eigenvalue weighted by molar-refractivity contribution is 9.10. The lowest BCUT2D eigenvalue weighted by molar-refractivity contribution is 0.292. The van der Waals surface area contributed by atoms with Gasteiger partial charge in [0.15, 0.2) is 11.5 Å². The fourth-order valence-electron chi connectivity index (χ4n) is 2.33. The Kier molecular flexibility index (Phi) is 7.05. The number of methoxy groups -OCH3 is 1. The molecule has 0 spiro atoms. The zero-order chi connectivity index (χ0) is 20.0. The Balaban J connectivity index is 2.50. The fraction of sp³-hybridized carbons (Fsp3) is 0.250. The SMILES string of the molecule is CCCOc1c(Br)cc(/C=C(\C#N)S(=O)(=O)c2ccc(C)cc2)cc1OC. The van der Waals surface area contributed by atoms with Crippen molar-refractivity contribution < 1.29 is 17.9 Å². The summed E-state index contributed by atoms with van der Waals surface area (Å²) in [6.45, 7) is 4.38. The van der Waals surface area contributed by atoms with E-state index in [0.717, 1.165) is 12.0 Å². The molecule has 0 N–H and O–H groups in total. The number of hydrogen-bond donors (Lipinski definition) is 0. The molecule has 142 valence electrons. The van der Waals surface area contributed by atoms with Crippen LogP contribution in [0.15, 0.2) is 50.7 Å². The zero-order valence-corrected chi connectivity index (χ0v) is 17.7. The predicted octanol–water partition coefficient (Wildman–Crippen LogP) is 4.89. The van der Waals surface area contributed by atoms with E-state index in [9.17, 15) is 13.7 Å². The zero-order valence-electron chi connectivity index (χ0n) is 15.3. The van der Waals surface area contributed by atoms with Crippen LogP contribution in [0, 0.1) is 18.3 Å². The summed E-state index contributed by atoms with van der Waals surface area (Å²) in [5, 5.41) is 9.44. The Bertz CT molecular complexity index is 990. The lowest BCUT2D eigenvalue weighted by atomic mass is 10.2. The first-order valence-corrected chi connectivity index (χ1v) is 10.5. The Morgan fingerprint density at radius 3 is 2.48 bits per heavy atom. The molecule has 0 saturated heterocycles. The van der Waals surface area contributed by atoms with Crippen molar-refractivity contribution in [2.45, 2.75) is 25.2 Å². The maximum Gasteiger partial charge on any atom is 0.216 e. The van der Waals surface area contributed by atoms with Gasteiger partial charge in [-0.2, -0.15) is 5.26 Å². The van der Waals surface area contributed by atoms with E-state index in [1.807, 2.05) is 13.8 Å². The Hall–Kier alpha value is -2.30. The molecule has 0 heterocycles. The van der Waals surface area contributed by atoms with E-state index in [1.54, 1.807) is 30.3 Å². The smallest absolute Gasteiger partial charge is 0.216 e. The molecule has 2 aromatic rings. The first kappa shape index (κ1) is 21.0. The quantitative estimate of drug-likeness (QED) is 0.562. The maximum absolute atomic E-state index is 12.8. The maximum atomic E-state index is 12.8. The lowest BCUT2D eigenvalue weighted by Crippen LogP contribution is -2.04. The largest absolute Gasteiger partial charge is 0.493 e. The third-order valence-electron chi connectivity index (χ3n) is 3.73. The molecule has 0 unspecified atom stereocenters. The van der Waals surface area contributed by atoms with Crippen molar-refractivity contribution in [2.75, 3.05) is 13.7 Å². The van der Waals surface area contributed by atoms with Crippen LogP contribution in [0.3, 0.4) is 0 Å². The number of halogens is 1. The molecule has 0 bridgehead atoms. The summed E-state index contributed by atoms with van der Waals surface area (Å²) in [4.78, 5) is -0.266. The minimum Gasteiger partial charge on any atom is -0.493 e. The molecule has 7 heteroatoms. The van der Waals surface area contributed by atoms with Gasteiger partial charge >= 0.3 is 0 Å². The first-order chi connectivity index (χ1) is 12.8. The van der Waals surface area contributed by atoms with E-state index in [-0.39, 0.29) is 9.80 Å². The number of ether oxygens (including phenoxy) is 2. The van der Waals surface area contributed by atoms with Gasteiger partial charge in [0.2, 0.25) is 9.84 Å². The number of rotatable bonds is 7. The molecule has 0 atom stereocenters. The fourth-order valence-corrected chi connectivity index (χ4v) is 4.07. The highest BCUT2D eigenvalue weighted by Crippen LogP contribution is 2.37. The number of nitriles is 1. The molecule has 27 heavy (non-hydrogen) atoms. The van der Waals surface area contributed by atoms with Crippen LogP contribution in [-0.4, -0.2) is 22.1 Å². The van der Waals surface area contributed by atoms with Gasteiger partial charge in [0.25, 0.3) is 0 Å². The van der Waals surface area contributed by atoms with Crippen LogP contribution >= 0.6 is 15.9 Å². The summed E-state index contributed by atoms with van der Waals surface area (Å²) in [5.41, 5.74) is 1.45. The van der Waals surface area contributed by atoms with Gasteiger partial charge in [-0.15, -0.1) is 0 Å². The predicted molar refractivity (Wildman–Crippen MR) is 108 cm³/mol. The highest BCUT2D eigenvalue weighted by atomic mass is 79.9. The van der Waals surface area contributed by atoms with Gasteiger partial charge in [0, 0.05) is 0 Å². The molecule has 0 aliphatic heterocycles. The van der Waals surface area contributed by atoms with Crippen molar-refractivity contribution in [1.29, 1.82) is 5.26 Å². The summed E-state index contributed by atoms with van der Waals surface area (Å²) in [7, 11) is -2.41. The molecular weight excluding hydrogens is 430 g/mol. The molecule has 0 amide bonds. The molecule has 0 fully saturated rings. The molecular formula is C20H20BrNO4S. The van der Waals surface area contributed by atoms with E-state index in [4.69, 9.17) is 9.47 Å². The van der Waals surface area contributed by atoms with Gasteiger partial charge in [0.05, 0.1) is 23.1 Å². The van der Waals surface area contributed by atoms with Gasteiger partial charge in [-0.3, -0.25) is 0 Å². The van der Waals surface area contributed by atoms with Crippen molar-refractivity contribution in [3.8, 4) is 17.6 Å². The van der Waals surface area contributed by atoms with Gasteiger partial charge in [-0.25, -0.2) is 8.42 Å². The van der Waals surface area contributed by atoms with Crippen molar-refractivity contribution in [1.82, 2.24) is 0 Å². The van der Waals surface area contributed by atoms with E-state index in [2.05, 4.69) is 15.9 Å². The molecule has 0 aliphatic rings. The minimum atomic E-state index is -3.91. The van der Waals surface area contributed by atoms with Crippen molar-refractivity contribution in [2.24, 2.45) is 0 Å². The molecule has 5 nitrogen and oxygen atoms in total. The number of sulfone groups is 1. The second-order valence-corrected chi connectivity index (χ2v) is 8.59. The van der Waals surface area contributed by atoms with Gasteiger partial charge in [-0.1, -0.05) is 24.6 Å². The lowest BCUT2D eigenvalue weighted by Gasteiger charge is -2.13. The minimum absolute atomic E-state index is 0.0785. The van der Waals surface area contributed by atoms with Crippen LogP contribution in [-0.2, 0) is 9.84 Å². The van der Waals surface area contributed by atoms with Crippen LogP contribution < -0.4 is 9.47 Å². The number of aryl methyl sites for hydroxylation is 1. The summed E-state index contributed by atoms with van der Waals surface area (Å²) in [5.74, 6) is 0.991. The molecule has 0 aliphatic carbocycles. The Labute approximate surface area is 168 Å². The van der Waals surface area contributed by atoms with Gasteiger partial charge in [0.1, 0.15) is 11.0 Å². The van der Waals surface area contributed by atoms with E-state index in [0.29, 0.717) is 28.1 Å². The van der Waals surface area contributed by atoms with Crippen LogP contribution in [0.2, 0.25) is 0 Å². The molecule has 2 aromatic carbocycles.